The molecule has 2 aliphatic heterocycles. The van der Waals surface area contributed by atoms with E-state index in [2.05, 4.69) is 4.72 Å². The zero-order chi connectivity index (χ0) is 19.3. The first-order valence-electron chi connectivity index (χ1n) is 9.34. The van der Waals surface area contributed by atoms with Crippen molar-refractivity contribution in [2.75, 3.05) is 18.2 Å². The van der Waals surface area contributed by atoms with Crippen LogP contribution in [0.25, 0.3) is 0 Å². The summed E-state index contributed by atoms with van der Waals surface area (Å²) in [5.74, 6) is 1.60. The second kappa shape index (κ2) is 6.49. The van der Waals surface area contributed by atoms with Crippen LogP contribution in [0.1, 0.15) is 24.0 Å². The normalized spacial score (nSPS) is 17.6. The lowest BCUT2D eigenvalue weighted by atomic mass is 10.2. The molecule has 0 radical (unpaired) electrons. The maximum atomic E-state index is 12.7. The maximum Gasteiger partial charge on any atom is 0.240 e. The Labute approximate surface area is 163 Å². The number of sulfonamides is 1. The Kier molecular flexibility index (Phi) is 4.06. The molecule has 0 saturated heterocycles. The Hall–Kier alpha value is -2.58. The molecule has 1 aliphatic carbocycles. The van der Waals surface area contributed by atoms with Crippen LogP contribution in [0.5, 0.6) is 11.5 Å². The lowest BCUT2D eigenvalue weighted by Gasteiger charge is -2.17. The fourth-order valence-corrected chi connectivity index (χ4v) is 4.71. The van der Waals surface area contributed by atoms with E-state index in [1.807, 2.05) is 0 Å². The van der Waals surface area contributed by atoms with Gasteiger partial charge >= 0.3 is 0 Å². The molecule has 2 heterocycles. The third-order valence-electron chi connectivity index (χ3n) is 5.35. The van der Waals surface area contributed by atoms with E-state index in [0.29, 0.717) is 24.5 Å². The highest BCUT2D eigenvalue weighted by atomic mass is 32.2. The lowest BCUT2D eigenvalue weighted by Crippen LogP contribution is -2.30. The van der Waals surface area contributed by atoms with E-state index in [-0.39, 0.29) is 30.1 Å². The topological polar surface area (TPSA) is 84.9 Å². The number of rotatable bonds is 5. The first-order chi connectivity index (χ1) is 13.5. The average molecular weight is 400 g/mol. The van der Waals surface area contributed by atoms with Gasteiger partial charge in [-0.15, -0.1) is 0 Å². The molecule has 0 spiro atoms. The Bertz CT molecular complexity index is 1060. The first-order valence-corrected chi connectivity index (χ1v) is 10.8. The summed E-state index contributed by atoms with van der Waals surface area (Å²) >= 11 is 0. The Morgan fingerprint density at radius 2 is 1.93 bits per heavy atom. The number of ether oxygens (including phenoxy) is 2. The summed E-state index contributed by atoms with van der Waals surface area (Å²) in [6, 6.07) is 10.3. The molecule has 2 aromatic rings. The van der Waals surface area contributed by atoms with Crippen LogP contribution < -0.4 is 19.1 Å². The number of amides is 1. The van der Waals surface area contributed by atoms with Crippen molar-refractivity contribution in [3.8, 4) is 11.5 Å². The zero-order valence-corrected chi connectivity index (χ0v) is 16.0. The fraction of sp³-hybridized carbons (Fsp3) is 0.350. The molecular formula is C20H20N2O5S. The minimum absolute atomic E-state index is 0.151. The highest BCUT2D eigenvalue weighted by molar-refractivity contribution is 7.89. The smallest absolute Gasteiger partial charge is 0.240 e. The molecule has 0 aromatic heterocycles. The molecule has 0 bridgehead atoms. The van der Waals surface area contributed by atoms with Crippen molar-refractivity contribution in [1.29, 1.82) is 0 Å². The third-order valence-corrected chi connectivity index (χ3v) is 6.75. The van der Waals surface area contributed by atoms with E-state index < -0.39 is 10.0 Å². The number of nitrogens with zero attached hydrogens (tertiary/aromatic N) is 1. The van der Waals surface area contributed by atoms with Crippen LogP contribution in [0.3, 0.4) is 0 Å². The van der Waals surface area contributed by atoms with Crippen LogP contribution in [-0.4, -0.2) is 27.7 Å². The summed E-state index contributed by atoms with van der Waals surface area (Å²) in [7, 11) is -3.66. The molecule has 0 unspecified atom stereocenters. The Balaban J connectivity index is 1.32. The summed E-state index contributed by atoms with van der Waals surface area (Å²) in [5, 5.41) is 0. The maximum absolute atomic E-state index is 12.7. The van der Waals surface area contributed by atoms with Gasteiger partial charge in [0.15, 0.2) is 11.5 Å². The van der Waals surface area contributed by atoms with Gasteiger partial charge < -0.3 is 14.4 Å². The monoisotopic (exact) mass is 400 g/mol. The fourth-order valence-electron chi connectivity index (χ4n) is 3.64. The number of nitrogens with one attached hydrogen (secondary N) is 1. The SMILES string of the molecule is O=C(C1CC1)N1CCc2cc(S(=O)(=O)NCc3ccc4c(c3)OCO4)ccc21. The number of benzene rings is 2. The predicted molar refractivity (Wildman–Crippen MR) is 102 cm³/mol. The first kappa shape index (κ1) is 17.5. The summed E-state index contributed by atoms with van der Waals surface area (Å²) in [5.41, 5.74) is 2.53. The third kappa shape index (κ3) is 3.12. The van der Waals surface area contributed by atoms with E-state index in [9.17, 15) is 13.2 Å². The standard InChI is InChI=1S/C20H20N2O5S/c23-20(14-2-3-14)22-8-7-15-10-16(4-5-17(15)22)28(24,25)21-11-13-1-6-18-19(9-13)27-12-26-18/h1,4-6,9-10,14,21H,2-3,7-8,11-12H2. The van der Waals surface area contributed by atoms with Crippen molar-refractivity contribution in [1.82, 2.24) is 4.72 Å². The number of carbonyl (C=O) groups excluding carboxylic acids is 1. The van der Waals surface area contributed by atoms with Crippen molar-refractivity contribution in [3.05, 3.63) is 47.5 Å². The van der Waals surface area contributed by atoms with E-state index in [1.54, 1.807) is 41.3 Å². The van der Waals surface area contributed by atoms with E-state index in [0.717, 1.165) is 29.7 Å². The quantitative estimate of drug-likeness (QED) is 0.832. The zero-order valence-electron chi connectivity index (χ0n) is 15.2. The van der Waals surface area contributed by atoms with Gasteiger partial charge in [-0.05, 0) is 60.7 Å². The van der Waals surface area contributed by atoms with Gasteiger partial charge in [0.2, 0.25) is 22.7 Å². The molecule has 2 aromatic carbocycles. The van der Waals surface area contributed by atoms with Gasteiger partial charge in [-0.25, -0.2) is 13.1 Å². The van der Waals surface area contributed by atoms with Crippen LogP contribution in [-0.2, 0) is 27.8 Å². The van der Waals surface area contributed by atoms with Crippen molar-refractivity contribution >= 4 is 21.6 Å². The summed E-state index contributed by atoms with van der Waals surface area (Å²) in [4.78, 5) is 14.4. The molecule has 7 nitrogen and oxygen atoms in total. The van der Waals surface area contributed by atoms with Gasteiger partial charge in [-0.2, -0.15) is 0 Å². The Morgan fingerprint density at radius 3 is 2.75 bits per heavy atom. The molecule has 1 fully saturated rings. The molecule has 5 rings (SSSR count). The van der Waals surface area contributed by atoms with Crippen LogP contribution in [0.4, 0.5) is 5.69 Å². The van der Waals surface area contributed by atoms with Crippen molar-refractivity contribution in [2.24, 2.45) is 5.92 Å². The molecule has 1 saturated carbocycles. The molecule has 3 aliphatic rings. The molecule has 1 amide bonds. The van der Waals surface area contributed by atoms with Gasteiger partial charge in [0.1, 0.15) is 0 Å². The van der Waals surface area contributed by atoms with Crippen molar-refractivity contribution in [3.63, 3.8) is 0 Å². The minimum Gasteiger partial charge on any atom is -0.454 e. The van der Waals surface area contributed by atoms with Crippen LogP contribution in [0.15, 0.2) is 41.3 Å². The number of hydrogen-bond donors (Lipinski definition) is 1. The largest absolute Gasteiger partial charge is 0.454 e. The van der Waals surface area contributed by atoms with Gasteiger partial charge in [0.25, 0.3) is 0 Å². The van der Waals surface area contributed by atoms with Gasteiger partial charge in [-0.3, -0.25) is 4.79 Å². The molecular weight excluding hydrogens is 380 g/mol. The summed E-state index contributed by atoms with van der Waals surface area (Å²) < 4.78 is 38.7. The van der Waals surface area contributed by atoms with Crippen LogP contribution in [0, 0.1) is 5.92 Å². The van der Waals surface area contributed by atoms with Crippen molar-refractivity contribution in [2.45, 2.75) is 30.7 Å². The van der Waals surface area contributed by atoms with Gasteiger partial charge in [0.05, 0.1) is 4.90 Å². The van der Waals surface area contributed by atoms with E-state index in [4.69, 9.17) is 9.47 Å². The van der Waals surface area contributed by atoms with Gasteiger partial charge in [-0.1, -0.05) is 6.07 Å². The number of hydrogen-bond acceptors (Lipinski definition) is 5. The molecule has 0 atom stereocenters. The van der Waals surface area contributed by atoms with E-state index >= 15 is 0 Å². The lowest BCUT2D eigenvalue weighted by molar-refractivity contribution is -0.119. The Morgan fingerprint density at radius 1 is 1.11 bits per heavy atom. The van der Waals surface area contributed by atoms with Crippen LogP contribution >= 0.6 is 0 Å². The summed E-state index contributed by atoms with van der Waals surface area (Å²) in [6.07, 6.45) is 2.60. The molecule has 146 valence electrons. The predicted octanol–water partition coefficient (Wildman–Crippen LogP) is 2.19. The average Bonchev–Trinajstić information content (AvgIpc) is 3.29. The highest BCUT2D eigenvalue weighted by Gasteiger charge is 2.36. The molecule has 1 N–H and O–H groups in total. The number of carbonyl (C=O) groups is 1. The second-order valence-electron chi connectivity index (χ2n) is 7.32. The van der Waals surface area contributed by atoms with E-state index in [1.165, 1.54) is 0 Å². The molecule has 8 heteroatoms. The van der Waals surface area contributed by atoms with Crippen LogP contribution in [0.2, 0.25) is 0 Å². The number of anilines is 1. The summed E-state index contributed by atoms with van der Waals surface area (Å²) in [6.45, 7) is 0.959. The minimum atomic E-state index is -3.66. The van der Waals surface area contributed by atoms with Gasteiger partial charge in [0, 0.05) is 24.7 Å². The number of fused-ring (bicyclic) bond motifs is 2. The molecule has 28 heavy (non-hydrogen) atoms. The highest BCUT2D eigenvalue weighted by Crippen LogP contribution is 2.37. The van der Waals surface area contributed by atoms with Crippen molar-refractivity contribution < 1.29 is 22.7 Å². The second-order valence-corrected chi connectivity index (χ2v) is 9.08.